The van der Waals surface area contributed by atoms with Crippen molar-refractivity contribution in [2.45, 2.75) is 71.3 Å². The zero-order valence-corrected chi connectivity index (χ0v) is 11.9. The van der Waals surface area contributed by atoms with Gasteiger partial charge in [0.2, 0.25) is 0 Å². The van der Waals surface area contributed by atoms with Crippen molar-refractivity contribution < 1.29 is 4.42 Å². The maximum absolute atomic E-state index is 5.60. The Hall–Kier alpha value is -0.800. The molecule has 0 saturated carbocycles. The lowest BCUT2D eigenvalue weighted by Crippen LogP contribution is -2.28. The number of rotatable bonds is 10. The molecule has 3 nitrogen and oxygen atoms in total. The molecule has 1 unspecified atom stereocenters. The van der Waals surface area contributed by atoms with Gasteiger partial charge in [-0.15, -0.1) is 0 Å². The molecule has 0 radical (unpaired) electrons. The normalized spacial score (nSPS) is 12.8. The highest BCUT2D eigenvalue weighted by atomic mass is 16.3. The SMILES string of the molecule is CCCCCCCCCC(NN)c1occc1C. The van der Waals surface area contributed by atoms with Gasteiger partial charge in [0.15, 0.2) is 0 Å². The molecule has 0 aromatic carbocycles. The fourth-order valence-electron chi connectivity index (χ4n) is 2.34. The summed E-state index contributed by atoms with van der Waals surface area (Å²) in [6, 6.07) is 2.15. The second-order valence-corrected chi connectivity index (χ2v) is 5.10. The van der Waals surface area contributed by atoms with Gasteiger partial charge >= 0.3 is 0 Å². The summed E-state index contributed by atoms with van der Waals surface area (Å²) in [5.41, 5.74) is 4.04. The molecular formula is C15H28N2O. The summed E-state index contributed by atoms with van der Waals surface area (Å²) in [5, 5.41) is 0. The minimum atomic E-state index is 0.163. The van der Waals surface area contributed by atoms with Crippen LogP contribution >= 0.6 is 0 Å². The Morgan fingerprint density at radius 3 is 2.39 bits per heavy atom. The van der Waals surface area contributed by atoms with Gasteiger partial charge in [-0.25, -0.2) is 5.43 Å². The lowest BCUT2D eigenvalue weighted by molar-refractivity contribution is 0.386. The summed E-state index contributed by atoms with van der Waals surface area (Å²) >= 11 is 0. The lowest BCUT2D eigenvalue weighted by atomic mass is 10.0. The largest absolute Gasteiger partial charge is 0.467 e. The van der Waals surface area contributed by atoms with Crippen LogP contribution in [0.2, 0.25) is 0 Å². The monoisotopic (exact) mass is 252 g/mol. The first kappa shape index (κ1) is 15.3. The molecular weight excluding hydrogens is 224 g/mol. The summed E-state index contributed by atoms with van der Waals surface area (Å²) < 4.78 is 5.48. The molecule has 0 amide bonds. The Bertz CT molecular complexity index is 309. The summed E-state index contributed by atoms with van der Waals surface area (Å²) in [6.45, 7) is 4.32. The predicted molar refractivity (Wildman–Crippen MR) is 76.1 cm³/mol. The third-order valence-electron chi connectivity index (χ3n) is 3.52. The Balaban J connectivity index is 2.15. The minimum absolute atomic E-state index is 0.163. The van der Waals surface area contributed by atoms with Crippen molar-refractivity contribution in [3.05, 3.63) is 23.7 Å². The van der Waals surface area contributed by atoms with Gasteiger partial charge in [-0.05, 0) is 25.0 Å². The predicted octanol–water partition coefficient (Wildman–Crippen LogP) is 4.23. The van der Waals surface area contributed by atoms with Crippen molar-refractivity contribution in [2.75, 3.05) is 0 Å². The highest BCUT2D eigenvalue weighted by molar-refractivity contribution is 5.17. The van der Waals surface area contributed by atoms with Gasteiger partial charge in [0.05, 0.1) is 12.3 Å². The molecule has 3 N–H and O–H groups in total. The number of hydrogen-bond acceptors (Lipinski definition) is 3. The van der Waals surface area contributed by atoms with Crippen LogP contribution in [-0.4, -0.2) is 0 Å². The van der Waals surface area contributed by atoms with E-state index in [1.54, 1.807) is 6.26 Å². The zero-order chi connectivity index (χ0) is 13.2. The van der Waals surface area contributed by atoms with E-state index in [9.17, 15) is 0 Å². The van der Waals surface area contributed by atoms with Gasteiger partial charge < -0.3 is 4.42 Å². The third-order valence-corrected chi connectivity index (χ3v) is 3.52. The van der Waals surface area contributed by atoms with Crippen LogP contribution in [0.1, 0.15) is 75.7 Å². The molecule has 3 heteroatoms. The van der Waals surface area contributed by atoms with Crippen LogP contribution in [-0.2, 0) is 0 Å². The van der Waals surface area contributed by atoms with Crippen molar-refractivity contribution in [1.29, 1.82) is 0 Å². The van der Waals surface area contributed by atoms with Gasteiger partial charge in [0.25, 0.3) is 0 Å². The Morgan fingerprint density at radius 2 is 1.83 bits per heavy atom. The van der Waals surface area contributed by atoms with E-state index in [0.717, 1.165) is 12.2 Å². The fourth-order valence-corrected chi connectivity index (χ4v) is 2.34. The molecule has 0 aliphatic rings. The molecule has 0 fully saturated rings. The van der Waals surface area contributed by atoms with Gasteiger partial charge in [-0.2, -0.15) is 0 Å². The lowest BCUT2D eigenvalue weighted by Gasteiger charge is -2.14. The van der Waals surface area contributed by atoms with E-state index in [1.807, 2.05) is 6.07 Å². The highest BCUT2D eigenvalue weighted by Crippen LogP contribution is 2.23. The van der Waals surface area contributed by atoms with Crippen LogP contribution in [0, 0.1) is 6.92 Å². The summed E-state index contributed by atoms with van der Waals surface area (Å²) in [7, 11) is 0. The molecule has 0 aliphatic heterocycles. The van der Waals surface area contributed by atoms with Crippen molar-refractivity contribution in [3.8, 4) is 0 Å². The Labute approximate surface area is 111 Å². The van der Waals surface area contributed by atoms with Crippen LogP contribution < -0.4 is 11.3 Å². The number of aryl methyl sites for hydroxylation is 1. The van der Waals surface area contributed by atoms with E-state index in [4.69, 9.17) is 10.3 Å². The standard InChI is InChI=1S/C15H28N2O/c1-3-4-5-6-7-8-9-10-14(17-16)15-13(2)11-12-18-15/h11-12,14,17H,3-10,16H2,1-2H3. The first-order valence-electron chi connectivity index (χ1n) is 7.29. The number of furan rings is 1. The number of nitrogens with two attached hydrogens (primary N) is 1. The second kappa shape index (κ2) is 9.17. The van der Waals surface area contributed by atoms with Crippen molar-refractivity contribution in [2.24, 2.45) is 5.84 Å². The van der Waals surface area contributed by atoms with Gasteiger partial charge in [0.1, 0.15) is 5.76 Å². The number of hydrogen-bond donors (Lipinski definition) is 2. The molecule has 1 rings (SSSR count). The number of unbranched alkanes of at least 4 members (excludes halogenated alkanes) is 6. The van der Waals surface area contributed by atoms with Crippen LogP contribution in [0.4, 0.5) is 0 Å². The smallest absolute Gasteiger partial charge is 0.124 e. The Morgan fingerprint density at radius 1 is 1.17 bits per heavy atom. The number of nitrogens with one attached hydrogen (secondary N) is 1. The molecule has 18 heavy (non-hydrogen) atoms. The van der Waals surface area contributed by atoms with Gasteiger partial charge in [0, 0.05) is 0 Å². The second-order valence-electron chi connectivity index (χ2n) is 5.10. The van der Waals surface area contributed by atoms with E-state index < -0.39 is 0 Å². The third kappa shape index (κ3) is 5.23. The van der Waals surface area contributed by atoms with Crippen LogP contribution in [0.15, 0.2) is 16.7 Å². The van der Waals surface area contributed by atoms with Crippen molar-refractivity contribution in [1.82, 2.24) is 5.43 Å². The van der Waals surface area contributed by atoms with Crippen LogP contribution in [0.3, 0.4) is 0 Å². The average molecular weight is 252 g/mol. The molecule has 104 valence electrons. The van der Waals surface area contributed by atoms with Crippen LogP contribution in [0.25, 0.3) is 0 Å². The average Bonchev–Trinajstić information content (AvgIpc) is 2.79. The topological polar surface area (TPSA) is 51.2 Å². The maximum Gasteiger partial charge on any atom is 0.124 e. The first-order valence-corrected chi connectivity index (χ1v) is 7.29. The summed E-state index contributed by atoms with van der Waals surface area (Å²) in [5.74, 6) is 6.59. The van der Waals surface area contributed by atoms with Crippen LogP contribution in [0.5, 0.6) is 0 Å². The molecule has 1 heterocycles. The molecule has 0 bridgehead atoms. The van der Waals surface area contributed by atoms with Gasteiger partial charge in [-0.1, -0.05) is 51.9 Å². The van der Waals surface area contributed by atoms with E-state index >= 15 is 0 Å². The van der Waals surface area contributed by atoms with E-state index in [2.05, 4.69) is 19.3 Å². The molecule has 1 aromatic rings. The maximum atomic E-state index is 5.60. The quantitative estimate of drug-likeness (QED) is 0.372. The molecule has 0 saturated heterocycles. The summed E-state index contributed by atoms with van der Waals surface area (Å²) in [6.07, 6.45) is 12.1. The van der Waals surface area contributed by atoms with E-state index in [-0.39, 0.29) is 6.04 Å². The van der Waals surface area contributed by atoms with Gasteiger partial charge in [-0.3, -0.25) is 5.84 Å². The Kier molecular flexibility index (Phi) is 7.78. The molecule has 0 aliphatic carbocycles. The fraction of sp³-hybridized carbons (Fsp3) is 0.733. The van der Waals surface area contributed by atoms with E-state index in [1.165, 1.54) is 50.5 Å². The molecule has 0 spiro atoms. The van der Waals surface area contributed by atoms with E-state index in [0.29, 0.717) is 0 Å². The summed E-state index contributed by atoms with van der Waals surface area (Å²) in [4.78, 5) is 0. The van der Waals surface area contributed by atoms with Crippen molar-refractivity contribution >= 4 is 0 Å². The molecule has 1 atom stereocenters. The first-order chi connectivity index (χ1) is 8.79. The molecule has 1 aromatic heterocycles. The number of hydrazine groups is 1. The van der Waals surface area contributed by atoms with Crippen molar-refractivity contribution in [3.63, 3.8) is 0 Å². The zero-order valence-electron chi connectivity index (χ0n) is 11.9. The highest BCUT2D eigenvalue weighted by Gasteiger charge is 2.14. The minimum Gasteiger partial charge on any atom is -0.467 e.